The number of nitrogens with one attached hydrogen (secondary N) is 1. The van der Waals surface area contributed by atoms with E-state index in [1.165, 1.54) is 41.7 Å². The number of hydrogen-bond acceptors (Lipinski definition) is 9. The Morgan fingerprint density at radius 3 is 2.09 bits per heavy atom. The normalized spacial score (nSPS) is 19.3. The van der Waals surface area contributed by atoms with Gasteiger partial charge in [-0.3, -0.25) is 33.3 Å². The number of carbonyl (C=O) groups excluding carboxylic acids is 6. The van der Waals surface area contributed by atoms with Gasteiger partial charge in [0.1, 0.15) is 30.3 Å². The quantitative estimate of drug-likeness (QED) is 0.189. The van der Waals surface area contributed by atoms with E-state index in [2.05, 4.69) is 19.2 Å². The Balaban J connectivity index is 2.43. The van der Waals surface area contributed by atoms with Crippen molar-refractivity contribution in [3.05, 3.63) is 17.8 Å². The van der Waals surface area contributed by atoms with Gasteiger partial charge >= 0.3 is 5.97 Å². The van der Waals surface area contributed by atoms with E-state index >= 15 is 0 Å². The number of hydrogen-bond donors (Lipinski definition) is 3. The van der Waals surface area contributed by atoms with Gasteiger partial charge in [-0.1, -0.05) is 67.7 Å². The van der Waals surface area contributed by atoms with Crippen LogP contribution >= 0.6 is 0 Å². The zero-order valence-electron chi connectivity index (χ0n) is 33.9. The summed E-state index contributed by atoms with van der Waals surface area (Å²) in [6.07, 6.45) is 1.88. The van der Waals surface area contributed by atoms with Crippen LogP contribution < -0.4 is 5.32 Å². The molecular formula is C39H65N5O9. The van der Waals surface area contributed by atoms with Crippen molar-refractivity contribution < 1.29 is 43.7 Å². The molecule has 1 aromatic heterocycles. The highest BCUT2D eigenvalue weighted by Crippen LogP contribution is 2.27. The maximum atomic E-state index is 14.4. The molecular weight excluding hydrogens is 682 g/mol. The van der Waals surface area contributed by atoms with Crippen LogP contribution in [0, 0.1) is 30.6 Å². The number of aryl methyl sites for hydroxylation is 1. The SMILES string of the molecule is CCCCC(C)CC(C)C(=O)N(C)C(CC(C)C)C(=O)NC(C(=O)N(C)C(C(=O)N1CC(O)CC1C(=O)n1c(C)ccc1O)C(C)C)C(C)OC(C)=O. The van der Waals surface area contributed by atoms with Gasteiger partial charge < -0.3 is 35.0 Å². The molecule has 1 saturated heterocycles. The van der Waals surface area contributed by atoms with Gasteiger partial charge in [-0.25, -0.2) is 0 Å². The number of carbonyl (C=O) groups is 6. The summed E-state index contributed by atoms with van der Waals surface area (Å²) in [6, 6.07) is -1.72. The van der Waals surface area contributed by atoms with Crippen LogP contribution in [0.15, 0.2) is 12.1 Å². The van der Waals surface area contributed by atoms with Gasteiger partial charge in [0.25, 0.3) is 5.91 Å². The summed E-state index contributed by atoms with van der Waals surface area (Å²) in [5, 5.41) is 23.7. The zero-order valence-corrected chi connectivity index (χ0v) is 33.9. The Labute approximate surface area is 315 Å². The molecule has 4 amide bonds. The van der Waals surface area contributed by atoms with Crippen molar-refractivity contribution in [2.45, 2.75) is 144 Å². The van der Waals surface area contributed by atoms with Crippen molar-refractivity contribution in [3.63, 3.8) is 0 Å². The highest BCUT2D eigenvalue weighted by molar-refractivity contribution is 5.97. The largest absolute Gasteiger partial charge is 0.494 e. The van der Waals surface area contributed by atoms with Crippen LogP contribution in [0.4, 0.5) is 0 Å². The first-order chi connectivity index (χ1) is 24.6. The first-order valence-electron chi connectivity index (χ1n) is 19.0. The first-order valence-corrected chi connectivity index (χ1v) is 19.0. The van der Waals surface area contributed by atoms with Crippen molar-refractivity contribution in [1.82, 2.24) is 24.6 Å². The summed E-state index contributed by atoms with van der Waals surface area (Å²) in [5.74, 6) is -4.19. The number of ether oxygens (including phenoxy) is 1. The molecule has 1 aliphatic rings. The average molecular weight is 748 g/mol. The van der Waals surface area contributed by atoms with E-state index < -0.39 is 71.9 Å². The number of aliphatic hydroxyl groups excluding tert-OH is 1. The number of unbranched alkanes of at least 4 members (excludes halogenated alkanes) is 1. The standard InChI is InChI=1S/C39H65N5O9/c1-13-14-15-24(6)19-25(7)36(49)41(11)30(18-22(2)3)35(48)40-33(27(9)53-28(10)45)38(51)42(12)34(23(4)5)39(52)43-21-29(46)20-31(43)37(50)44-26(8)16-17-32(44)47/h16-17,22-25,27,29-31,33-34,46-47H,13-15,18-21H2,1-12H3,(H,40,48). The number of amides is 4. The minimum Gasteiger partial charge on any atom is -0.494 e. The van der Waals surface area contributed by atoms with Gasteiger partial charge in [-0.05, 0) is 50.5 Å². The van der Waals surface area contributed by atoms with Crippen LogP contribution in [0.3, 0.4) is 0 Å². The molecule has 2 heterocycles. The molecule has 0 bridgehead atoms. The van der Waals surface area contributed by atoms with Crippen LogP contribution in [-0.2, 0) is 28.7 Å². The third-order valence-electron chi connectivity index (χ3n) is 10.2. The van der Waals surface area contributed by atoms with Gasteiger partial charge in [-0.15, -0.1) is 0 Å². The zero-order chi connectivity index (χ0) is 40.5. The lowest BCUT2D eigenvalue weighted by Gasteiger charge is -2.38. The van der Waals surface area contributed by atoms with Gasteiger partial charge in [-0.2, -0.15) is 0 Å². The van der Waals surface area contributed by atoms with E-state index in [1.807, 2.05) is 20.8 Å². The smallest absolute Gasteiger partial charge is 0.302 e. The number of likely N-dealkylation sites (tertiary alicyclic amines) is 1. The van der Waals surface area contributed by atoms with Crippen molar-refractivity contribution in [1.29, 1.82) is 0 Å². The molecule has 300 valence electrons. The van der Waals surface area contributed by atoms with Gasteiger partial charge in [0.05, 0.1) is 6.10 Å². The summed E-state index contributed by atoms with van der Waals surface area (Å²) in [6.45, 7) is 17.5. The molecule has 0 saturated carbocycles. The molecule has 53 heavy (non-hydrogen) atoms. The molecule has 0 spiro atoms. The van der Waals surface area contributed by atoms with Crippen molar-refractivity contribution >= 4 is 35.5 Å². The molecule has 14 nitrogen and oxygen atoms in total. The average Bonchev–Trinajstić information content (AvgIpc) is 3.63. The second kappa shape index (κ2) is 19.9. The van der Waals surface area contributed by atoms with Gasteiger partial charge in [0.2, 0.25) is 23.6 Å². The minimum atomic E-state index is -1.43. The van der Waals surface area contributed by atoms with Crippen LogP contribution in [0.5, 0.6) is 5.88 Å². The number of nitrogens with zero attached hydrogens (tertiary/aromatic N) is 4. The second-order valence-corrected chi connectivity index (χ2v) is 15.8. The first kappa shape index (κ1) is 45.2. The second-order valence-electron chi connectivity index (χ2n) is 15.8. The fourth-order valence-electron chi connectivity index (χ4n) is 7.40. The molecule has 14 heteroatoms. The molecule has 1 aromatic rings. The Bertz CT molecular complexity index is 1420. The molecule has 2 rings (SSSR count). The number of aromatic nitrogens is 1. The number of aliphatic hydroxyl groups is 1. The van der Waals surface area contributed by atoms with E-state index in [0.717, 1.165) is 23.8 Å². The van der Waals surface area contributed by atoms with Gasteiger partial charge in [0, 0.05) is 51.7 Å². The van der Waals surface area contributed by atoms with E-state index in [-0.39, 0.29) is 36.6 Å². The van der Waals surface area contributed by atoms with E-state index in [4.69, 9.17) is 4.74 Å². The van der Waals surface area contributed by atoms with E-state index in [9.17, 15) is 39.0 Å². The molecule has 1 fully saturated rings. The monoisotopic (exact) mass is 747 g/mol. The highest BCUT2D eigenvalue weighted by Gasteiger charge is 2.46. The number of esters is 1. The van der Waals surface area contributed by atoms with Crippen molar-refractivity contribution in [2.24, 2.45) is 23.7 Å². The molecule has 8 unspecified atom stereocenters. The lowest BCUT2D eigenvalue weighted by molar-refractivity contribution is -0.156. The third kappa shape index (κ3) is 11.8. The van der Waals surface area contributed by atoms with Crippen molar-refractivity contribution in [2.75, 3.05) is 20.6 Å². The highest BCUT2D eigenvalue weighted by atomic mass is 16.5. The predicted molar refractivity (Wildman–Crippen MR) is 201 cm³/mol. The molecule has 0 aromatic carbocycles. The Morgan fingerprint density at radius 2 is 1.58 bits per heavy atom. The molecule has 0 aliphatic carbocycles. The maximum absolute atomic E-state index is 14.4. The summed E-state index contributed by atoms with van der Waals surface area (Å²) >= 11 is 0. The fraction of sp³-hybridized carbons (Fsp3) is 0.744. The minimum absolute atomic E-state index is 0.00848. The summed E-state index contributed by atoms with van der Waals surface area (Å²) < 4.78 is 6.49. The lowest BCUT2D eigenvalue weighted by Crippen LogP contribution is -2.62. The van der Waals surface area contributed by atoms with Crippen LogP contribution in [0.2, 0.25) is 0 Å². The number of rotatable bonds is 18. The van der Waals surface area contributed by atoms with Crippen LogP contribution in [0.25, 0.3) is 0 Å². The number of β-amino-alcohol motifs (C(OH)–C–C–N with tert-alkyl or cyclic N) is 1. The molecule has 1 aliphatic heterocycles. The van der Waals surface area contributed by atoms with Crippen LogP contribution in [-0.4, -0.2) is 122 Å². The van der Waals surface area contributed by atoms with E-state index in [0.29, 0.717) is 24.5 Å². The fourth-order valence-corrected chi connectivity index (χ4v) is 7.40. The molecule has 0 radical (unpaired) electrons. The maximum Gasteiger partial charge on any atom is 0.302 e. The number of likely N-dealkylation sites (N-methyl/N-ethyl adjacent to an activating group) is 2. The number of aromatic hydroxyl groups is 1. The topological polar surface area (TPSA) is 179 Å². The Morgan fingerprint density at radius 1 is 0.962 bits per heavy atom. The lowest BCUT2D eigenvalue weighted by atomic mass is 9.91. The Hall–Kier alpha value is -3.94. The summed E-state index contributed by atoms with van der Waals surface area (Å²) in [7, 11) is 2.99. The predicted octanol–water partition coefficient (Wildman–Crippen LogP) is 3.75. The molecule has 8 atom stereocenters. The summed E-state index contributed by atoms with van der Waals surface area (Å²) in [4.78, 5) is 86.0. The Kier molecular flexibility index (Phi) is 17.0. The third-order valence-corrected chi connectivity index (χ3v) is 10.2. The van der Waals surface area contributed by atoms with Crippen LogP contribution in [0.1, 0.15) is 111 Å². The summed E-state index contributed by atoms with van der Waals surface area (Å²) in [5.41, 5.74) is 0.450. The van der Waals surface area contributed by atoms with Crippen molar-refractivity contribution in [3.8, 4) is 5.88 Å². The molecule has 3 N–H and O–H groups in total. The van der Waals surface area contributed by atoms with Gasteiger partial charge in [0.15, 0.2) is 5.88 Å². The van der Waals surface area contributed by atoms with E-state index in [1.54, 1.807) is 33.9 Å².